The molecule has 202 valence electrons. The molecule has 3 amide bonds. The van der Waals surface area contributed by atoms with E-state index in [0.717, 1.165) is 11.1 Å². The quantitative estimate of drug-likeness (QED) is 0.152. The van der Waals surface area contributed by atoms with Gasteiger partial charge in [0.15, 0.2) is 6.61 Å². The molecule has 4 rings (SSSR count). The van der Waals surface area contributed by atoms with Gasteiger partial charge in [0.25, 0.3) is 5.91 Å². The lowest BCUT2D eigenvalue weighted by Gasteiger charge is -2.08. The molecule has 0 aliphatic carbocycles. The van der Waals surface area contributed by atoms with E-state index in [0.29, 0.717) is 35.9 Å². The molecule has 40 heavy (non-hydrogen) atoms. The molecule has 0 spiro atoms. The number of anilines is 1. The van der Waals surface area contributed by atoms with Crippen LogP contribution in [0.25, 0.3) is 0 Å². The molecular weight excluding hydrogens is 508 g/mol. The van der Waals surface area contributed by atoms with Crippen molar-refractivity contribution in [3.05, 3.63) is 126 Å². The number of carbonyl (C=O) groups excluding carboxylic acids is 3. The van der Waals surface area contributed by atoms with E-state index in [9.17, 15) is 14.4 Å². The summed E-state index contributed by atoms with van der Waals surface area (Å²) < 4.78 is 11.2. The third-order valence-electron chi connectivity index (χ3n) is 5.53. The fourth-order valence-corrected chi connectivity index (χ4v) is 3.43. The number of amides is 3. The van der Waals surface area contributed by atoms with Crippen molar-refractivity contribution in [1.29, 1.82) is 0 Å². The predicted octanol–water partition coefficient (Wildman–Crippen LogP) is 4.05. The third-order valence-corrected chi connectivity index (χ3v) is 5.53. The summed E-state index contributed by atoms with van der Waals surface area (Å²) in [6.07, 6.45) is 1.39. The highest BCUT2D eigenvalue weighted by molar-refractivity contribution is 6.39. The number of rotatable bonds is 11. The Kier molecular flexibility index (Phi) is 9.99. The van der Waals surface area contributed by atoms with Crippen LogP contribution in [0.3, 0.4) is 0 Å². The van der Waals surface area contributed by atoms with Crippen molar-refractivity contribution >= 4 is 29.6 Å². The van der Waals surface area contributed by atoms with Crippen LogP contribution in [-0.4, -0.2) is 30.5 Å². The van der Waals surface area contributed by atoms with Gasteiger partial charge in [-0.3, -0.25) is 14.4 Å². The lowest BCUT2D eigenvalue weighted by Crippen LogP contribution is -2.32. The van der Waals surface area contributed by atoms with Gasteiger partial charge in [0.1, 0.15) is 18.1 Å². The second-order valence-electron chi connectivity index (χ2n) is 8.57. The monoisotopic (exact) mass is 536 g/mol. The number of hydrazone groups is 1. The third kappa shape index (κ3) is 9.14. The Morgan fingerprint density at radius 3 is 1.95 bits per heavy atom. The maximum atomic E-state index is 12.2. The molecule has 0 unspecified atom stereocenters. The Morgan fingerprint density at radius 1 is 0.675 bits per heavy atom. The van der Waals surface area contributed by atoms with E-state index < -0.39 is 11.8 Å². The molecule has 0 saturated carbocycles. The highest BCUT2D eigenvalue weighted by Crippen LogP contribution is 2.17. The van der Waals surface area contributed by atoms with Gasteiger partial charge in [0, 0.05) is 12.2 Å². The second kappa shape index (κ2) is 14.5. The van der Waals surface area contributed by atoms with Crippen molar-refractivity contribution in [2.45, 2.75) is 13.2 Å². The summed E-state index contributed by atoms with van der Waals surface area (Å²) in [4.78, 5) is 36.3. The number of hydrogen-bond acceptors (Lipinski definition) is 6. The fourth-order valence-electron chi connectivity index (χ4n) is 3.43. The molecule has 3 N–H and O–H groups in total. The number of nitrogens with zero attached hydrogens (tertiary/aromatic N) is 1. The topological polar surface area (TPSA) is 118 Å². The zero-order valence-corrected chi connectivity index (χ0v) is 21.6. The largest absolute Gasteiger partial charge is 0.489 e. The van der Waals surface area contributed by atoms with Crippen molar-refractivity contribution < 1.29 is 23.9 Å². The second-order valence-corrected chi connectivity index (χ2v) is 8.57. The van der Waals surface area contributed by atoms with Crippen LogP contribution >= 0.6 is 0 Å². The maximum Gasteiger partial charge on any atom is 0.329 e. The van der Waals surface area contributed by atoms with Gasteiger partial charge in [-0.2, -0.15) is 5.10 Å². The van der Waals surface area contributed by atoms with E-state index in [1.54, 1.807) is 48.5 Å². The number of ether oxygens (including phenoxy) is 2. The van der Waals surface area contributed by atoms with Crippen molar-refractivity contribution in [3.8, 4) is 11.5 Å². The highest BCUT2D eigenvalue weighted by Gasteiger charge is 2.13. The standard InChI is InChI=1S/C31H28N4O5/c36-29(32-19-23-7-3-1-4-8-23)22-40-27-15-11-24(12-16-27)20-33-35-31(38)30(37)34-26-13-17-28(18-14-26)39-21-25-9-5-2-6-10-25/h1-18,20H,19,21-22H2,(H,32,36)(H,34,37)(H,35,38)/b33-20-. The van der Waals surface area contributed by atoms with Gasteiger partial charge in [-0.1, -0.05) is 60.7 Å². The SMILES string of the molecule is O=C(COc1ccc(/C=N\NC(=O)C(=O)Nc2ccc(OCc3ccccc3)cc2)cc1)NCc1ccccc1. The van der Waals surface area contributed by atoms with Crippen molar-refractivity contribution in [2.24, 2.45) is 5.10 Å². The van der Waals surface area contributed by atoms with E-state index in [4.69, 9.17) is 9.47 Å². The van der Waals surface area contributed by atoms with Crippen LogP contribution in [0.4, 0.5) is 5.69 Å². The average Bonchev–Trinajstić information content (AvgIpc) is 3.00. The molecule has 0 aromatic heterocycles. The maximum absolute atomic E-state index is 12.2. The first-order valence-electron chi connectivity index (χ1n) is 12.5. The molecule has 9 heteroatoms. The zero-order valence-electron chi connectivity index (χ0n) is 21.6. The summed E-state index contributed by atoms with van der Waals surface area (Å²) in [6.45, 7) is 0.739. The molecule has 0 atom stereocenters. The fraction of sp³-hybridized carbons (Fsp3) is 0.0968. The van der Waals surface area contributed by atoms with Gasteiger partial charge >= 0.3 is 11.8 Å². The lowest BCUT2D eigenvalue weighted by molar-refractivity contribution is -0.136. The summed E-state index contributed by atoms with van der Waals surface area (Å²) in [5.41, 5.74) is 5.34. The minimum absolute atomic E-state index is 0.116. The lowest BCUT2D eigenvalue weighted by atomic mass is 10.2. The first-order valence-corrected chi connectivity index (χ1v) is 12.5. The van der Waals surface area contributed by atoms with Gasteiger partial charge in [-0.15, -0.1) is 0 Å². The van der Waals surface area contributed by atoms with Crippen LogP contribution in [0.2, 0.25) is 0 Å². The Bertz CT molecular complexity index is 1420. The van der Waals surface area contributed by atoms with Gasteiger partial charge in [0.2, 0.25) is 0 Å². The summed E-state index contributed by atoms with van der Waals surface area (Å²) in [5, 5.41) is 9.12. The summed E-state index contributed by atoms with van der Waals surface area (Å²) in [6, 6.07) is 32.8. The smallest absolute Gasteiger partial charge is 0.329 e. The molecule has 4 aromatic carbocycles. The normalized spacial score (nSPS) is 10.5. The van der Waals surface area contributed by atoms with Gasteiger partial charge in [0.05, 0.1) is 6.21 Å². The molecule has 0 radical (unpaired) electrons. The van der Waals surface area contributed by atoms with Gasteiger partial charge in [-0.05, 0) is 65.2 Å². The van der Waals surface area contributed by atoms with Gasteiger partial charge in [-0.25, -0.2) is 5.43 Å². The van der Waals surface area contributed by atoms with Crippen molar-refractivity contribution in [3.63, 3.8) is 0 Å². The van der Waals surface area contributed by atoms with E-state index in [1.165, 1.54) is 6.21 Å². The first kappa shape index (κ1) is 27.6. The molecule has 4 aromatic rings. The Morgan fingerprint density at radius 2 is 1.27 bits per heavy atom. The molecule has 0 bridgehead atoms. The van der Waals surface area contributed by atoms with Crippen molar-refractivity contribution in [1.82, 2.24) is 10.7 Å². The van der Waals surface area contributed by atoms with E-state index in [1.807, 2.05) is 60.7 Å². The van der Waals surface area contributed by atoms with E-state index >= 15 is 0 Å². The molecule has 0 aliphatic rings. The minimum atomic E-state index is -0.915. The number of hydrogen-bond donors (Lipinski definition) is 3. The number of nitrogens with one attached hydrogen (secondary N) is 3. The van der Waals surface area contributed by atoms with Crippen molar-refractivity contribution in [2.75, 3.05) is 11.9 Å². The highest BCUT2D eigenvalue weighted by atomic mass is 16.5. The number of carbonyl (C=O) groups is 3. The van der Waals surface area contributed by atoms with Crippen LogP contribution < -0.4 is 25.5 Å². The molecule has 0 fully saturated rings. The van der Waals surface area contributed by atoms with E-state index in [2.05, 4.69) is 21.2 Å². The first-order chi connectivity index (χ1) is 19.5. The van der Waals surface area contributed by atoms with Crippen LogP contribution in [0.5, 0.6) is 11.5 Å². The molecule has 0 heterocycles. The summed E-state index contributed by atoms with van der Waals surface area (Å²) in [7, 11) is 0. The van der Waals surface area contributed by atoms with Crippen LogP contribution in [0, 0.1) is 0 Å². The summed E-state index contributed by atoms with van der Waals surface area (Å²) in [5.74, 6) is -0.861. The molecule has 0 saturated heterocycles. The minimum Gasteiger partial charge on any atom is -0.489 e. The van der Waals surface area contributed by atoms with Gasteiger partial charge < -0.3 is 20.1 Å². The number of benzene rings is 4. The Balaban J connectivity index is 1.15. The molecule has 9 nitrogen and oxygen atoms in total. The summed E-state index contributed by atoms with van der Waals surface area (Å²) >= 11 is 0. The zero-order chi connectivity index (χ0) is 28.0. The molecular formula is C31H28N4O5. The van der Waals surface area contributed by atoms with E-state index in [-0.39, 0.29) is 12.5 Å². The molecule has 0 aliphatic heterocycles. The van der Waals surface area contributed by atoms with Crippen LogP contribution in [0.15, 0.2) is 114 Å². The Hall–Kier alpha value is -5.44. The average molecular weight is 537 g/mol. The predicted molar refractivity (Wildman–Crippen MR) is 152 cm³/mol. The van der Waals surface area contributed by atoms with Crippen LogP contribution in [-0.2, 0) is 27.5 Å². The Labute approximate surface area is 231 Å². The van der Waals surface area contributed by atoms with Crippen LogP contribution in [0.1, 0.15) is 16.7 Å².